The zero-order valence-electron chi connectivity index (χ0n) is 11.1. The minimum Gasteiger partial charge on any atom is -0.377 e. The van der Waals surface area contributed by atoms with Crippen molar-refractivity contribution in [3.8, 4) is 0 Å². The number of nitrogens with zero attached hydrogens (tertiary/aromatic N) is 4. The summed E-state index contributed by atoms with van der Waals surface area (Å²) >= 11 is 0. The predicted molar refractivity (Wildman–Crippen MR) is 71.0 cm³/mol. The van der Waals surface area contributed by atoms with E-state index >= 15 is 0 Å². The number of morpholine rings is 1. The van der Waals surface area contributed by atoms with E-state index in [1.54, 1.807) is 6.20 Å². The van der Waals surface area contributed by atoms with E-state index in [9.17, 15) is 0 Å². The van der Waals surface area contributed by atoms with Crippen molar-refractivity contribution >= 4 is 5.82 Å². The van der Waals surface area contributed by atoms with Crippen LogP contribution in [0.3, 0.4) is 0 Å². The molecule has 3 heterocycles. The van der Waals surface area contributed by atoms with E-state index in [1.165, 1.54) is 0 Å². The van der Waals surface area contributed by atoms with Gasteiger partial charge < -0.3 is 14.6 Å². The molecule has 1 fully saturated rings. The molecule has 1 aliphatic heterocycles. The lowest BCUT2D eigenvalue weighted by atomic mass is 10.2. The molecule has 0 aliphatic carbocycles. The molecule has 6 heteroatoms. The van der Waals surface area contributed by atoms with Crippen LogP contribution < -0.4 is 4.90 Å². The van der Waals surface area contributed by atoms with Crippen LogP contribution in [0, 0.1) is 13.8 Å². The van der Waals surface area contributed by atoms with Crippen molar-refractivity contribution in [1.82, 2.24) is 19.9 Å². The van der Waals surface area contributed by atoms with Crippen LogP contribution in [0.2, 0.25) is 0 Å². The summed E-state index contributed by atoms with van der Waals surface area (Å²) in [6.07, 6.45) is 3.63. The Labute approximate surface area is 111 Å². The molecule has 1 aliphatic rings. The number of H-pyrrole nitrogens is 1. The fourth-order valence-electron chi connectivity index (χ4n) is 2.31. The van der Waals surface area contributed by atoms with Gasteiger partial charge in [-0.3, -0.25) is 0 Å². The Hall–Kier alpha value is -1.95. The topological polar surface area (TPSA) is 66.9 Å². The molecule has 0 saturated carbocycles. The van der Waals surface area contributed by atoms with Crippen LogP contribution in [0.25, 0.3) is 0 Å². The highest BCUT2D eigenvalue weighted by molar-refractivity contribution is 5.40. The quantitative estimate of drug-likeness (QED) is 0.883. The maximum absolute atomic E-state index is 5.58. The van der Waals surface area contributed by atoms with Gasteiger partial charge in [-0.15, -0.1) is 0 Å². The molecule has 1 saturated heterocycles. The van der Waals surface area contributed by atoms with Gasteiger partial charge in [0.15, 0.2) is 0 Å². The number of aromatic amines is 1. The summed E-state index contributed by atoms with van der Waals surface area (Å²) in [6, 6.07) is 2.01. The van der Waals surface area contributed by atoms with E-state index in [0.29, 0.717) is 13.2 Å². The summed E-state index contributed by atoms with van der Waals surface area (Å²) in [7, 11) is 0. The van der Waals surface area contributed by atoms with Gasteiger partial charge >= 0.3 is 0 Å². The van der Waals surface area contributed by atoms with Crippen LogP contribution in [0.5, 0.6) is 0 Å². The number of aryl methyl sites for hydroxylation is 2. The lowest BCUT2D eigenvalue weighted by Crippen LogP contribution is -2.40. The van der Waals surface area contributed by atoms with Gasteiger partial charge in [-0.2, -0.15) is 0 Å². The molecule has 3 rings (SSSR count). The summed E-state index contributed by atoms with van der Waals surface area (Å²) in [6.45, 7) is 6.03. The average Bonchev–Trinajstić information content (AvgIpc) is 2.85. The normalized spacial score (nSPS) is 19.7. The molecule has 19 heavy (non-hydrogen) atoms. The number of imidazole rings is 1. The SMILES string of the molecule is Cc1nccc(N2CCOCC2c2ncc(C)[nH]2)n1. The summed E-state index contributed by atoms with van der Waals surface area (Å²) < 4.78 is 5.58. The Morgan fingerprint density at radius 2 is 2.26 bits per heavy atom. The molecule has 2 aromatic heterocycles. The van der Waals surface area contributed by atoms with Crippen molar-refractivity contribution in [3.05, 3.63) is 35.8 Å². The van der Waals surface area contributed by atoms with Crippen molar-refractivity contribution in [1.29, 1.82) is 0 Å². The van der Waals surface area contributed by atoms with E-state index in [4.69, 9.17) is 4.74 Å². The Morgan fingerprint density at radius 3 is 3.00 bits per heavy atom. The molecular formula is C13H17N5O. The van der Waals surface area contributed by atoms with Gasteiger partial charge in [0, 0.05) is 24.6 Å². The zero-order chi connectivity index (χ0) is 13.2. The van der Waals surface area contributed by atoms with Crippen molar-refractivity contribution in [2.45, 2.75) is 19.9 Å². The smallest absolute Gasteiger partial charge is 0.133 e. The molecule has 0 radical (unpaired) electrons. The van der Waals surface area contributed by atoms with Gasteiger partial charge in [-0.1, -0.05) is 0 Å². The van der Waals surface area contributed by atoms with Crippen LogP contribution in [-0.4, -0.2) is 39.7 Å². The van der Waals surface area contributed by atoms with E-state index < -0.39 is 0 Å². The average molecular weight is 259 g/mol. The number of hydrogen-bond acceptors (Lipinski definition) is 5. The lowest BCUT2D eigenvalue weighted by Gasteiger charge is -2.35. The van der Waals surface area contributed by atoms with Crippen LogP contribution in [-0.2, 0) is 4.74 Å². The highest BCUT2D eigenvalue weighted by Gasteiger charge is 2.27. The second-order valence-electron chi connectivity index (χ2n) is 4.70. The minimum absolute atomic E-state index is 0.0803. The number of aromatic nitrogens is 4. The molecule has 2 aromatic rings. The third-order valence-electron chi connectivity index (χ3n) is 3.22. The van der Waals surface area contributed by atoms with Crippen LogP contribution >= 0.6 is 0 Å². The van der Waals surface area contributed by atoms with E-state index in [0.717, 1.165) is 29.7 Å². The number of hydrogen-bond donors (Lipinski definition) is 1. The van der Waals surface area contributed by atoms with E-state index in [2.05, 4.69) is 24.8 Å². The fraction of sp³-hybridized carbons (Fsp3) is 0.462. The molecular weight excluding hydrogens is 242 g/mol. The van der Waals surface area contributed by atoms with Crippen LogP contribution in [0.15, 0.2) is 18.5 Å². The minimum atomic E-state index is 0.0803. The van der Waals surface area contributed by atoms with Gasteiger partial charge in [0.2, 0.25) is 0 Å². The Kier molecular flexibility index (Phi) is 3.16. The first-order valence-corrected chi connectivity index (χ1v) is 6.39. The molecule has 1 atom stereocenters. The van der Waals surface area contributed by atoms with Crippen molar-refractivity contribution < 1.29 is 4.74 Å². The third-order valence-corrected chi connectivity index (χ3v) is 3.22. The number of rotatable bonds is 2. The van der Waals surface area contributed by atoms with Crippen molar-refractivity contribution in [2.75, 3.05) is 24.7 Å². The summed E-state index contributed by atoms with van der Waals surface area (Å²) in [4.78, 5) is 18.6. The Bertz CT molecular complexity index is 568. The van der Waals surface area contributed by atoms with E-state index in [1.807, 2.05) is 26.1 Å². The summed E-state index contributed by atoms with van der Waals surface area (Å²) in [5.41, 5.74) is 1.05. The van der Waals surface area contributed by atoms with Crippen molar-refractivity contribution in [2.24, 2.45) is 0 Å². The van der Waals surface area contributed by atoms with Crippen molar-refractivity contribution in [3.63, 3.8) is 0 Å². The standard InChI is InChI=1S/C13H17N5O/c1-9-7-15-13(16-9)11-8-19-6-5-18(11)12-3-4-14-10(2)17-12/h3-4,7,11H,5-6,8H2,1-2H3,(H,15,16). The number of nitrogens with one attached hydrogen (secondary N) is 1. The van der Waals surface area contributed by atoms with Crippen LogP contribution in [0.1, 0.15) is 23.4 Å². The highest BCUT2D eigenvalue weighted by Crippen LogP contribution is 2.26. The molecule has 0 amide bonds. The number of ether oxygens (including phenoxy) is 1. The Morgan fingerprint density at radius 1 is 1.37 bits per heavy atom. The first kappa shape index (κ1) is 12.1. The monoisotopic (exact) mass is 259 g/mol. The second kappa shape index (κ2) is 4.97. The van der Waals surface area contributed by atoms with Gasteiger partial charge in [-0.05, 0) is 19.9 Å². The largest absolute Gasteiger partial charge is 0.377 e. The second-order valence-corrected chi connectivity index (χ2v) is 4.70. The summed E-state index contributed by atoms with van der Waals surface area (Å²) in [5.74, 6) is 2.63. The molecule has 1 unspecified atom stereocenters. The maximum atomic E-state index is 5.58. The van der Waals surface area contributed by atoms with Gasteiger partial charge in [0.1, 0.15) is 23.5 Å². The first-order valence-electron chi connectivity index (χ1n) is 6.39. The Balaban J connectivity index is 1.93. The lowest BCUT2D eigenvalue weighted by molar-refractivity contribution is 0.0915. The van der Waals surface area contributed by atoms with E-state index in [-0.39, 0.29) is 6.04 Å². The molecule has 1 N–H and O–H groups in total. The van der Waals surface area contributed by atoms with Gasteiger partial charge in [0.05, 0.1) is 13.2 Å². The molecule has 0 spiro atoms. The molecule has 0 aromatic carbocycles. The van der Waals surface area contributed by atoms with Gasteiger partial charge in [0.25, 0.3) is 0 Å². The molecule has 100 valence electrons. The van der Waals surface area contributed by atoms with Gasteiger partial charge in [-0.25, -0.2) is 15.0 Å². The van der Waals surface area contributed by atoms with Crippen LogP contribution in [0.4, 0.5) is 5.82 Å². The summed E-state index contributed by atoms with van der Waals surface area (Å²) in [5, 5.41) is 0. The highest BCUT2D eigenvalue weighted by atomic mass is 16.5. The third kappa shape index (κ3) is 2.44. The first-order chi connectivity index (χ1) is 9.24. The maximum Gasteiger partial charge on any atom is 0.133 e. The number of anilines is 1. The fourth-order valence-corrected chi connectivity index (χ4v) is 2.31. The predicted octanol–water partition coefficient (Wildman–Crippen LogP) is 1.39. The molecule has 0 bridgehead atoms. The molecule has 6 nitrogen and oxygen atoms in total. The zero-order valence-corrected chi connectivity index (χ0v) is 11.1.